The molecule has 0 unspecified atom stereocenters. The molecule has 1 amide bonds. The van der Waals surface area contributed by atoms with E-state index in [-0.39, 0.29) is 5.56 Å². The van der Waals surface area contributed by atoms with Crippen LogP contribution in [-0.4, -0.2) is 22.1 Å². The van der Waals surface area contributed by atoms with Gasteiger partial charge in [-0.1, -0.05) is 12.1 Å². The Labute approximate surface area is 144 Å². The Morgan fingerprint density at radius 2 is 1.88 bits per heavy atom. The van der Waals surface area contributed by atoms with Gasteiger partial charge in [0.15, 0.2) is 0 Å². The van der Waals surface area contributed by atoms with E-state index in [2.05, 4.69) is 4.98 Å². The predicted molar refractivity (Wildman–Crippen MR) is 95.8 cm³/mol. The van der Waals surface area contributed by atoms with Crippen LogP contribution in [0.4, 0.5) is 0 Å². The van der Waals surface area contributed by atoms with Crippen molar-refractivity contribution in [2.75, 3.05) is 6.61 Å². The van der Waals surface area contributed by atoms with Crippen molar-refractivity contribution in [2.45, 2.75) is 19.9 Å². The van der Waals surface area contributed by atoms with Crippen LogP contribution in [0.25, 0.3) is 11.0 Å². The third kappa shape index (κ3) is 3.68. The minimum Gasteiger partial charge on any atom is -0.494 e. The summed E-state index contributed by atoms with van der Waals surface area (Å²) in [5.74, 6) is 0.193. The average molecular weight is 337 g/mol. The highest BCUT2D eigenvalue weighted by atomic mass is 16.5. The first-order valence-corrected chi connectivity index (χ1v) is 8.05. The van der Waals surface area contributed by atoms with Crippen molar-refractivity contribution < 1.29 is 9.53 Å². The minimum absolute atomic E-state index is 0.0792. The van der Waals surface area contributed by atoms with Crippen molar-refractivity contribution in [1.29, 1.82) is 0 Å². The Balaban J connectivity index is 1.66. The first-order chi connectivity index (χ1) is 12.1. The number of hydrogen-bond donors (Lipinski definition) is 1. The van der Waals surface area contributed by atoms with E-state index >= 15 is 0 Å². The summed E-state index contributed by atoms with van der Waals surface area (Å²) in [5.41, 5.74) is 7.69. The number of carbonyl (C=O) groups excluding carboxylic acids is 1. The number of rotatable bonds is 6. The van der Waals surface area contributed by atoms with Gasteiger partial charge in [-0.2, -0.15) is 0 Å². The molecule has 0 radical (unpaired) electrons. The quantitative estimate of drug-likeness (QED) is 0.699. The lowest BCUT2D eigenvalue weighted by atomic mass is 10.2. The van der Waals surface area contributed by atoms with Crippen LogP contribution in [0.5, 0.6) is 5.75 Å². The van der Waals surface area contributed by atoms with Crippen LogP contribution in [-0.2, 0) is 6.54 Å². The number of carbonyl (C=O) groups is 1. The number of nitrogens with two attached hydrogens (primary N) is 1. The number of para-hydroxylation sites is 2. The topological polar surface area (TPSA) is 87.2 Å². The number of amides is 1. The molecule has 2 aromatic carbocycles. The maximum Gasteiger partial charge on any atom is 0.272 e. The van der Waals surface area contributed by atoms with Gasteiger partial charge in [-0.3, -0.25) is 9.59 Å². The lowest BCUT2D eigenvalue weighted by molar-refractivity contribution is 0.100. The van der Waals surface area contributed by atoms with Gasteiger partial charge in [-0.15, -0.1) is 0 Å². The molecule has 3 rings (SSSR count). The second-order valence-corrected chi connectivity index (χ2v) is 5.73. The zero-order valence-corrected chi connectivity index (χ0v) is 13.9. The van der Waals surface area contributed by atoms with Gasteiger partial charge in [0.2, 0.25) is 5.91 Å². The molecule has 0 spiro atoms. The SMILES string of the molecule is Cc1nc2ccccc2n(CCCOc2ccc(C(N)=O)cc2)c1=O. The van der Waals surface area contributed by atoms with E-state index < -0.39 is 5.91 Å². The number of aryl methyl sites for hydroxylation is 2. The highest BCUT2D eigenvalue weighted by Crippen LogP contribution is 2.13. The smallest absolute Gasteiger partial charge is 0.272 e. The Hall–Kier alpha value is -3.15. The van der Waals surface area contributed by atoms with Crippen LogP contribution in [0, 0.1) is 6.92 Å². The van der Waals surface area contributed by atoms with E-state index in [9.17, 15) is 9.59 Å². The largest absolute Gasteiger partial charge is 0.494 e. The van der Waals surface area contributed by atoms with Gasteiger partial charge in [0.1, 0.15) is 11.4 Å². The first kappa shape index (κ1) is 16.7. The van der Waals surface area contributed by atoms with Crippen LogP contribution >= 0.6 is 0 Å². The molecule has 0 saturated carbocycles. The summed E-state index contributed by atoms with van der Waals surface area (Å²) >= 11 is 0. The van der Waals surface area contributed by atoms with Gasteiger partial charge in [0.25, 0.3) is 5.56 Å². The molecule has 0 atom stereocenters. The van der Waals surface area contributed by atoms with E-state index in [1.807, 2.05) is 24.3 Å². The average Bonchev–Trinajstić information content (AvgIpc) is 2.62. The second kappa shape index (κ2) is 7.17. The number of primary amides is 1. The molecule has 1 aromatic heterocycles. The molecule has 1 heterocycles. The lowest BCUT2D eigenvalue weighted by Crippen LogP contribution is -2.24. The summed E-state index contributed by atoms with van der Waals surface area (Å²) in [4.78, 5) is 27.7. The van der Waals surface area contributed by atoms with Crippen LogP contribution in [0.1, 0.15) is 22.5 Å². The third-order valence-corrected chi connectivity index (χ3v) is 3.95. The van der Waals surface area contributed by atoms with E-state index in [4.69, 9.17) is 10.5 Å². The highest BCUT2D eigenvalue weighted by Gasteiger charge is 2.07. The van der Waals surface area contributed by atoms with Crippen LogP contribution < -0.4 is 16.0 Å². The molecular formula is C19H19N3O3. The molecule has 0 fully saturated rings. The van der Waals surface area contributed by atoms with Crippen molar-refractivity contribution >= 4 is 16.9 Å². The zero-order valence-electron chi connectivity index (χ0n) is 13.9. The monoisotopic (exact) mass is 337 g/mol. The maximum atomic E-state index is 12.4. The molecule has 0 bridgehead atoms. The number of fused-ring (bicyclic) bond motifs is 1. The fraction of sp³-hybridized carbons (Fsp3) is 0.211. The van der Waals surface area contributed by atoms with Gasteiger partial charge < -0.3 is 15.0 Å². The Morgan fingerprint density at radius 3 is 2.60 bits per heavy atom. The molecule has 25 heavy (non-hydrogen) atoms. The summed E-state index contributed by atoms with van der Waals surface area (Å²) in [7, 11) is 0. The molecule has 6 heteroatoms. The van der Waals surface area contributed by atoms with E-state index in [1.54, 1.807) is 35.8 Å². The number of benzene rings is 2. The number of ether oxygens (including phenoxy) is 1. The zero-order chi connectivity index (χ0) is 17.8. The van der Waals surface area contributed by atoms with Crippen LogP contribution in [0.15, 0.2) is 53.3 Å². The normalized spacial score (nSPS) is 10.8. The van der Waals surface area contributed by atoms with Crippen molar-refractivity contribution in [2.24, 2.45) is 5.73 Å². The van der Waals surface area contributed by atoms with Crippen molar-refractivity contribution in [3.63, 3.8) is 0 Å². The maximum absolute atomic E-state index is 12.4. The Bertz CT molecular complexity index is 962. The van der Waals surface area contributed by atoms with Gasteiger partial charge in [-0.05, 0) is 49.7 Å². The fourth-order valence-electron chi connectivity index (χ4n) is 2.67. The Morgan fingerprint density at radius 1 is 1.16 bits per heavy atom. The van der Waals surface area contributed by atoms with Gasteiger partial charge >= 0.3 is 0 Å². The first-order valence-electron chi connectivity index (χ1n) is 8.05. The molecule has 3 aromatic rings. The lowest BCUT2D eigenvalue weighted by Gasteiger charge is -2.11. The summed E-state index contributed by atoms with van der Waals surface area (Å²) in [6, 6.07) is 14.3. The summed E-state index contributed by atoms with van der Waals surface area (Å²) in [6.45, 7) is 2.72. The van der Waals surface area contributed by atoms with E-state index in [0.717, 1.165) is 11.0 Å². The summed E-state index contributed by atoms with van der Waals surface area (Å²) in [6.07, 6.45) is 0.672. The molecule has 0 aliphatic carbocycles. The van der Waals surface area contributed by atoms with Crippen LogP contribution in [0.2, 0.25) is 0 Å². The summed E-state index contributed by atoms with van der Waals surface area (Å²) < 4.78 is 7.39. The van der Waals surface area contributed by atoms with E-state index in [1.165, 1.54) is 0 Å². The van der Waals surface area contributed by atoms with Gasteiger partial charge in [0.05, 0.1) is 17.6 Å². The van der Waals surface area contributed by atoms with Crippen molar-refractivity contribution in [3.05, 3.63) is 70.1 Å². The third-order valence-electron chi connectivity index (χ3n) is 3.95. The van der Waals surface area contributed by atoms with Crippen LogP contribution in [0.3, 0.4) is 0 Å². The van der Waals surface area contributed by atoms with Crippen molar-refractivity contribution in [1.82, 2.24) is 9.55 Å². The molecule has 6 nitrogen and oxygen atoms in total. The Kier molecular flexibility index (Phi) is 4.79. The molecule has 128 valence electrons. The highest BCUT2D eigenvalue weighted by molar-refractivity contribution is 5.92. The molecule has 2 N–H and O–H groups in total. The van der Waals surface area contributed by atoms with E-state index in [0.29, 0.717) is 36.6 Å². The molecule has 0 aliphatic rings. The minimum atomic E-state index is -0.467. The standard InChI is InChI=1S/C19H19N3O3/c1-13-19(24)22(17-6-3-2-5-16(17)21-13)11-4-12-25-15-9-7-14(8-10-15)18(20)23/h2-3,5-10H,4,11-12H2,1H3,(H2,20,23). The fourth-order valence-corrected chi connectivity index (χ4v) is 2.67. The predicted octanol–water partition coefficient (Wildman–Crippen LogP) is 2.27. The summed E-state index contributed by atoms with van der Waals surface area (Å²) in [5, 5.41) is 0. The van der Waals surface area contributed by atoms with Crippen molar-refractivity contribution in [3.8, 4) is 5.75 Å². The number of aromatic nitrogens is 2. The number of hydrogen-bond acceptors (Lipinski definition) is 4. The molecule has 0 aliphatic heterocycles. The molecule has 0 saturated heterocycles. The van der Waals surface area contributed by atoms with Gasteiger partial charge in [-0.25, -0.2) is 4.98 Å². The van der Waals surface area contributed by atoms with Gasteiger partial charge in [0, 0.05) is 12.1 Å². The second-order valence-electron chi connectivity index (χ2n) is 5.73. The molecular weight excluding hydrogens is 318 g/mol. The number of nitrogens with zero attached hydrogens (tertiary/aromatic N) is 2.